The summed E-state index contributed by atoms with van der Waals surface area (Å²) in [5.41, 5.74) is 5.50. The topological polar surface area (TPSA) is 108 Å². The zero-order chi connectivity index (χ0) is 20.0. The van der Waals surface area contributed by atoms with Gasteiger partial charge in [0.15, 0.2) is 14.6 Å². The van der Waals surface area contributed by atoms with E-state index in [4.69, 9.17) is 15.2 Å². The van der Waals surface area contributed by atoms with Crippen molar-refractivity contribution in [3.05, 3.63) is 54.6 Å². The Balaban J connectivity index is 1.63. The monoisotopic (exact) mass is 404 g/mol. The van der Waals surface area contributed by atoms with Gasteiger partial charge in [-0.15, -0.1) is 0 Å². The highest BCUT2D eigenvalue weighted by Gasteiger charge is 2.50. The molecule has 0 bridgehead atoms. The molecule has 0 radical (unpaired) electrons. The molecule has 1 fully saturated rings. The van der Waals surface area contributed by atoms with Gasteiger partial charge < -0.3 is 20.5 Å². The van der Waals surface area contributed by atoms with E-state index in [0.717, 1.165) is 5.75 Å². The van der Waals surface area contributed by atoms with Gasteiger partial charge in [0, 0.05) is 0 Å². The Morgan fingerprint density at radius 1 is 0.929 bits per heavy atom. The standard InChI is InChI=1S/C20H24N2O5S/c21-19(23)20(10-12-22-13-11-20)28(24,25)18-8-6-17(7-9-18)27-15-14-26-16-4-2-1-3-5-16/h1-9,22H,10-15H2,(H2,21,23). The normalized spacial score (nSPS) is 16.3. The maximum Gasteiger partial charge on any atom is 0.239 e. The first kappa shape index (κ1) is 20.2. The smallest absolute Gasteiger partial charge is 0.239 e. The van der Waals surface area contributed by atoms with Crippen LogP contribution >= 0.6 is 0 Å². The summed E-state index contributed by atoms with van der Waals surface area (Å²) in [6.45, 7) is 1.55. The van der Waals surface area contributed by atoms with Crippen LogP contribution < -0.4 is 20.5 Å². The van der Waals surface area contributed by atoms with Crippen LogP contribution in [-0.2, 0) is 14.6 Å². The summed E-state index contributed by atoms with van der Waals surface area (Å²) >= 11 is 0. The van der Waals surface area contributed by atoms with E-state index in [-0.39, 0.29) is 17.7 Å². The van der Waals surface area contributed by atoms with Crippen LogP contribution in [-0.4, -0.2) is 45.4 Å². The zero-order valence-corrected chi connectivity index (χ0v) is 16.3. The van der Waals surface area contributed by atoms with Crippen molar-refractivity contribution in [1.82, 2.24) is 5.32 Å². The SMILES string of the molecule is NC(=O)C1(S(=O)(=O)c2ccc(OCCOc3ccccc3)cc2)CCNCC1. The van der Waals surface area contributed by atoms with E-state index in [1.807, 2.05) is 30.3 Å². The summed E-state index contributed by atoms with van der Waals surface area (Å²) in [6, 6.07) is 15.4. The third-order valence-corrected chi connectivity index (χ3v) is 7.40. The number of para-hydroxylation sites is 1. The molecule has 0 atom stereocenters. The van der Waals surface area contributed by atoms with E-state index in [1.54, 1.807) is 12.1 Å². The maximum absolute atomic E-state index is 13.1. The van der Waals surface area contributed by atoms with E-state index in [0.29, 0.717) is 32.1 Å². The average Bonchev–Trinajstić information content (AvgIpc) is 2.72. The molecule has 2 aromatic carbocycles. The van der Waals surface area contributed by atoms with Gasteiger partial charge in [-0.3, -0.25) is 4.79 Å². The number of primary amides is 1. The van der Waals surface area contributed by atoms with Crippen LogP contribution in [0.25, 0.3) is 0 Å². The number of rotatable bonds is 8. The largest absolute Gasteiger partial charge is 0.490 e. The van der Waals surface area contributed by atoms with Gasteiger partial charge in [0.2, 0.25) is 5.91 Å². The summed E-state index contributed by atoms with van der Waals surface area (Å²) in [4.78, 5) is 12.1. The number of ether oxygens (including phenoxy) is 2. The van der Waals surface area contributed by atoms with Crippen LogP contribution in [0.3, 0.4) is 0 Å². The third kappa shape index (κ3) is 4.13. The molecule has 0 saturated carbocycles. The Morgan fingerprint density at radius 2 is 1.46 bits per heavy atom. The van der Waals surface area contributed by atoms with Crippen LogP contribution in [0.2, 0.25) is 0 Å². The zero-order valence-electron chi connectivity index (χ0n) is 15.5. The molecule has 1 aliphatic rings. The lowest BCUT2D eigenvalue weighted by Gasteiger charge is -2.34. The fourth-order valence-corrected chi connectivity index (χ4v) is 5.21. The highest BCUT2D eigenvalue weighted by molar-refractivity contribution is 7.93. The number of carbonyl (C=O) groups is 1. The second-order valence-corrected chi connectivity index (χ2v) is 8.85. The van der Waals surface area contributed by atoms with Gasteiger partial charge in [-0.2, -0.15) is 0 Å². The third-order valence-electron chi connectivity index (χ3n) is 4.87. The maximum atomic E-state index is 13.1. The summed E-state index contributed by atoms with van der Waals surface area (Å²) in [7, 11) is -3.90. The molecule has 0 spiro atoms. The lowest BCUT2D eigenvalue weighted by Crippen LogP contribution is -2.56. The Morgan fingerprint density at radius 3 is 2.00 bits per heavy atom. The number of carbonyl (C=O) groups excluding carboxylic acids is 1. The molecule has 7 nitrogen and oxygen atoms in total. The summed E-state index contributed by atoms with van der Waals surface area (Å²) < 4.78 is 35.8. The number of nitrogens with two attached hydrogens (primary N) is 1. The van der Waals surface area contributed by atoms with Crippen molar-refractivity contribution < 1.29 is 22.7 Å². The minimum absolute atomic E-state index is 0.0704. The first-order chi connectivity index (χ1) is 13.5. The van der Waals surface area contributed by atoms with Crippen molar-refractivity contribution in [2.45, 2.75) is 22.5 Å². The van der Waals surface area contributed by atoms with Gasteiger partial charge in [0.05, 0.1) is 4.90 Å². The van der Waals surface area contributed by atoms with Crippen LogP contribution in [0, 0.1) is 0 Å². The first-order valence-electron chi connectivity index (χ1n) is 9.12. The van der Waals surface area contributed by atoms with E-state index in [1.165, 1.54) is 12.1 Å². The van der Waals surface area contributed by atoms with E-state index in [9.17, 15) is 13.2 Å². The Kier molecular flexibility index (Phi) is 6.21. The Labute approximate surface area is 164 Å². The molecule has 1 heterocycles. The quantitative estimate of drug-likeness (QED) is 0.646. The van der Waals surface area contributed by atoms with Crippen LogP contribution in [0.4, 0.5) is 0 Å². The molecular weight excluding hydrogens is 380 g/mol. The number of benzene rings is 2. The molecule has 8 heteroatoms. The molecule has 1 aliphatic heterocycles. The Bertz CT molecular complexity index is 892. The van der Waals surface area contributed by atoms with E-state index in [2.05, 4.69) is 5.32 Å². The van der Waals surface area contributed by atoms with Gasteiger partial charge in [0.25, 0.3) is 0 Å². The number of amides is 1. The van der Waals surface area contributed by atoms with Gasteiger partial charge in [-0.1, -0.05) is 18.2 Å². The first-order valence-corrected chi connectivity index (χ1v) is 10.6. The number of hydrogen-bond donors (Lipinski definition) is 2. The molecule has 28 heavy (non-hydrogen) atoms. The summed E-state index contributed by atoms with van der Waals surface area (Å²) in [5.74, 6) is 0.479. The summed E-state index contributed by atoms with van der Waals surface area (Å²) in [6.07, 6.45) is 0.333. The van der Waals surface area contributed by atoms with Crippen molar-refractivity contribution in [3.63, 3.8) is 0 Å². The van der Waals surface area contributed by atoms with Gasteiger partial charge in [-0.05, 0) is 62.3 Å². The average molecular weight is 404 g/mol. The van der Waals surface area contributed by atoms with Crippen molar-refractivity contribution in [2.75, 3.05) is 26.3 Å². The molecular formula is C20H24N2O5S. The predicted molar refractivity (Wildman–Crippen MR) is 105 cm³/mol. The highest BCUT2D eigenvalue weighted by atomic mass is 32.2. The van der Waals surface area contributed by atoms with Gasteiger partial charge in [-0.25, -0.2) is 8.42 Å². The van der Waals surface area contributed by atoms with Gasteiger partial charge in [0.1, 0.15) is 24.7 Å². The fraction of sp³-hybridized carbons (Fsp3) is 0.350. The van der Waals surface area contributed by atoms with Crippen molar-refractivity contribution in [1.29, 1.82) is 0 Å². The predicted octanol–water partition coefficient (Wildman–Crippen LogP) is 1.53. The highest BCUT2D eigenvalue weighted by Crippen LogP contribution is 2.34. The fourth-order valence-electron chi connectivity index (χ4n) is 3.25. The van der Waals surface area contributed by atoms with E-state index >= 15 is 0 Å². The summed E-state index contributed by atoms with van der Waals surface area (Å²) in [5, 5.41) is 3.06. The molecule has 0 aliphatic carbocycles. The Hall–Kier alpha value is -2.58. The van der Waals surface area contributed by atoms with Crippen molar-refractivity contribution in [2.24, 2.45) is 5.73 Å². The van der Waals surface area contributed by atoms with Crippen LogP contribution in [0.5, 0.6) is 11.5 Å². The molecule has 150 valence electrons. The number of hydrogen-bond acceptors (Lipinski definition) is 6. The minimum Gasteiger partial charge on any atom is -0.490 e. The van der Waals surface area contributed by atoms with Gasteiger partial charge >= 0.3 is 0 Å². The van der Waals surface area contributed by atoms with E-state index < -0.39 is 20.5 Å². The molecule has 2 aromatic rings. The van der Waals surface area contributed by atoms with Crippen LogP contribution in [0.15, 0.2) is 59.5 Å². The van der Waals surface area contributed by atoms with Crippen molar-refractivity contribution in [3.8, 4) is 11.5 Å². The molecule has 3 N–H and O–H groups in total. The molecule has 0 unspecified atom stereocenters. The second-order valence-electron chi connectivity index (χ2n) is 6.59. The molecule has 3 rings (SSSR count). The number of piperidine rings is 1. The number of nitrogens with one attached hydrogen (secondary N) is 1. The minimum atomic E-state index is -3.90. The number of sulfone groups is 1. The van der Waals surface area contributed by atoms with Crippen LogP contribution in [0.1, 0.15) is 12.8 Å². The molecule has 0 aromatic heterocycles. The van der Waals surface area contributed by atoms with Crippen molar-refractivity contribution >= 4 is 15.7 Å². The molecule has 1 saturated heterocycles. The second kappa shape index (κ2) is 8.62. The molecule has 1 amide bonds. The lowest BCUT2D eigenvalue weighted by atomic mass is 9.96. The lowest BCUT2D eigenvalue weighted by molar-refractivity contribution is -0.121.